The van der Waals surface area contributed by atoms with Crippen molar-refractivity contribution < 1.29 is 0 Å². The number of anilines is 3. The van der Waals surface area contributed by atoms with Crippen LogP contribution in [-0.2, 0) is 5.41 Å². The van der Waals surface area contributed by atoms with E-state index >= 15 is 0 Å². The molecule has 1 aromatic heterocycles. The van der Waals surface area contributed by atoms with E-state index in [0.29, 0.717) is 5.92 Å². The van der Waals surface area contributed by atoms with Gasteiger partial charge in [0.25, 0.3) is 0 Å². The van der Waals surface area contributed by atoms with Crippen LogP contribution in [0.25, 0.3) is 82.8 Å². The van der Waals surface area contributed by atoms with Gasteiger partial charge in [-0.2, -0.15) is 0 Å². The smallest absolute Gasteiger partial charge is 0.0547 e. The van der Waals surface area contributed by atoms with Gasteiger partial charge in [0.05, 0.1) is 22.4 Å². The number of fused-ring (bicyclic) bond motifs is 7. The predicted molar refractivity (Wildman–Crippen MR) is 293 cm³/mol. The van der Waals surface area contributed by atoms with Gasteiger partial charge >= 0.3 is 0 Å². The Morgan fingerprint density at radius 1 is 0.435 bits per heavy atom. The molecule has 0 radical (unpaired) electrons. The molecule has 0 spiro atoms. The minimum absolute atomic E-state index is 0.109. The van der Waals surface area contributed by atoms with Crippen LogP contribution >= 0.6 is 0 Å². The van der Waals surface area contributed by atoms with E-state index in [-0.39, 0.29) is 5.41 Å². The maximum absolute atomic E-state index is 2.54. The summed E-state index contributed by atoms with van der Waals surface area (Å²) < 4.78 is 2.41. The lowest BCUT2D eigenvalue weighted by Crippen LogP contribution is -2.15. The summed E-state index contributed by atoms with van der Waals surface area (Å²) in [6.07, 6.45) is 6.45. The Balaban J connectivity index is 1.01. The lowest BCUT2D eigenvalue weighted by atomic mass is 9.80. The molecule has 0 N–H and O–H groups in total. The van der Waals surface area contributed by atoms with Crippen LogP contribution in [-0.4, -0.2) is 4.57 Å². The summed E-state index contributed by atoms with van der Waals surface area (Å²) in [5, 5.41) is 5.23. The van der Waals surface area contributed by atoms with Crippen LogP contribution in [0.2, 0.25) is 0 Å². The first-order valence-corrected chi connectivity index (χ1v) is 25.0. The molecular formula is C67H54N2. The Labute approximate surface area is 405 Å². The van der Waals surface area contributed by atoms with E-state index in [1.165, 1.54) is 126 Å². The van der Waals surface area contributed by atoms with E-state index in [1.807, 2.05) is 0 Å². The normalized spacial score (nSPS) is 14.3. The van der Waals surface area contributed by atoms with Crippen molar-refractivity contribution >= 4 is 49.6 Å². The third kappa shape index (κ3) is 6.76. The SMILES string of the molecule is CC1(C)c2ccccc2-c2c(-c3ccccc3N(c3ccc(-c4ccc5c6ccccc6n(-c6ccccc6)c5c4)cc3)c3ccccc3-c3cccc4cccc(C5CCCCC5)c34)cccc21. The zero-order valence-electron chi connectivity index (χ0n) is 39.4. The molecule has 332 valence electrons. The molecule has 0 atom stereocenters. The molecule has 1 heterocycles. The summed E-state index contributed by atoms with van der Waals surface area (Å²) in [5.41, 5.74) is 21.2. The fourth-order valence-corrected chi connectivity index (χ4v) is 12.3. The molecule has 0 amide bonds. The molecule has 1 saturated carbocycles. The average Bonchev–Trinajstić information content (AvgIpc) is 3.87. The molecular weight excluding hydrogens is 833 g/mol. The van der Waals surface area contributed by atoms with Gasteiger partial charge in [-0.3, -0.25) is 0 Å². The molecule has 11 aromatic rings. The molecule has 2 heteroatoms. The van der Waals surface area contributed by atoms with Crippen molar-refractivity contribution in [3.05, 3.63) is 241 Å². The van der Waals surface area contributed by atoms with Gasteiger partial charge < -0.3 is 9.47 Å². The molecule has 0 bridgehead atoms. The van der Waals surface area contributed by atoms with Gasteiger partial charge in [0.1, 0.15) is 0 Å². The second-order valence-electron chi connectivity index (χ2n) is 19.8. The summed E-state index contributed by atoms with van der Waals surface area (Å²) >= 11 is 0. The van der Waals surface area contributed by atoms with Crippen molar-refractivity contribution in [3.8, 4) is 50.2 Å². The van der Waals surface area contributed by atoms with Gasteiger partial charge in [-0.25, -0.2) is 0 Å². The van der Waals surface area contributed by atoms with Crippen molar-refractivity contribution in [3.63, 3.8) is 0 Å². The topological polar surface area (TPSA) is 8.17 Å². The van der Waals surface area contributed by atoms with E-state index < -0.39 is 0 Å². The fourth-order valence-electron chi connectivity index (χ4n) is 12.3. The highest BCUT2D eigenvalue weighted by Crippen LogP contribution is 2.55. The molecule has 10 aromatic carbocycles. The molecule has 2 aliphatic carbocycles. The first-order chi connectivity index (χ1) is 34.0. The summed E-state index contributed by atoms with van der Waals surface area (Å²) in [6, 6.07) is 84.0. The lowest BCUT2D eigenvalue weighted by molar-refractivity contribution is 0.445. The van der Waals surface area contributed by atoms with Crippen molar-refractivity contribution in [1.82, 2.24) is 4.57 Å². The molecule has 1 fully saturated rings. The fraction of sp³-hybridized carbons (Fsp3) is 0.134. The van der Waals surface area contributed by atoms with Gasteiger partial charge in [-0.1, -0.05) is 209 Å². The number of benzene rings is 10. The third-order valence-electron chi connectivity index (χ3n) is 15.6. The second kappa shape index (κ2) is 16.7. The van der Waals surface area contributed by atoms with Gasteiger partial charge in [0.15, 0.2) is 0 Å². The van der Waals surface area contributed by atoms with Gasteiger partial charge in [-0.15, -0.1) is 0 Å². The Morgan fingerprint density at radius 2 is 1.01 bits per heavy atom. The van der Waals surface area contributed by atoms with Crippen LogP contribution in [0.1, 0.15) is 68.6 Å². The zero-order valence-corrected chi connectivity index (χ0v) is 39.4. The largest absolute Gasteiger partial charge is 0.309 e. The van der Waals surface area contributed by atoms with Crippen molar-refractivity contribution in [2.75, 3.05) is 4.90 Å². The lowest BCUT2D eigenvalue weighted by Gasteiger charge is -2.31. The molecule has 2 aliphatic rings. The van der Waals surface area contributed by atoms with E-state index in [2.05, 4.69) is 248 Å². The Kier molecular flexibility index (Phi) is 9.98. The van der Waals surface area contributed by atoms with Crippen LogP contribution in [0, 0.1) is 0 Å². The number of para-hydroxylation sites is 4. The molecule has 2 nitrogen and oxygen atoms in total. The van der Waals surface area contributed by atoms with Crippen LogP contribution in [0.4, 0.5) is 17.1 Å². The maximum atomic E-state index is 2.54. The number of aromatic nitrogens is 1. The summed E-state index contributed by atoms with van der Waals surface area (Å²) in [7, 11) is 0. The highest BCUT2D eigenvalue weighted by molar-refractivity contribution is 6.10. The van der Waals surface area contributed by atoms with Crippen LogP contribution in [0.3, 0.4) is 0 Å². The van der Waals surface area contributed by atoms with Crippen molar-refractivity contribution in [2.24, 2.45) is 0 Å². The van der Waals surface area contributed by atoms with E-state index in [0.717, 1.165) is 22.7 Å². The number of rotatable bonds is 8. The van der Waals surface area contributed by atoms with E-state index in [4.69, 9.17) is 0 Å². The van der Waals surface area contributed by atoms with E-state index in [9.17, 15) is 0 Å². The summed E-state index contributed by atoms with van der Waals surface area (Å²) in [4.78, 5) is 2.54. The minimum atomic E-state index is -0.109. The second-order valence-corrected chi connectivity index (χ2v) is 19.8. The van der Waals surface area contributed by atoms with Crippen LogP contribution < -0.4 is 4.90 Å². The number of nitrogens with zero attached hydrogens (tertiary/aromatic N) is 2. The minimum Gasteiger partial charge on any atom is -0.309 e. The third-order valence-corrected chi connectivity index (χ3v) is 15.6. The van der Waals surface area contributed by atoms with E-state index in [1.54, 1.807) is 0 Å². The first kappa shape index (κ1) is 41.3. The Bertz CT molecular complexity index is 3730. The predicted octanol–water partition coefficient (Wildman–Crippen LogP) is 18.8. The zero-order chi connectivity index (χ0) is 46.1. The molecule has 13 rings (SSSR count). The highest BCUT2D eigenvalue weighted by Gasteiger charge is 2.37. The van der Waals surface area contributed by atoms with Gasteiger partial charge in [-0.05, 0) is 128 Å². The quantitative estimate of drug-likeness (QED) is 0.148. The number of hydrogen-bond acceptors (Lipinski definition) is 1. The summed E-state index contributed by atoms with van der Waals surface area (Å²) in [6.45, 7) is 4.75. The molecule has 0 unspecified atom stereocenters. The monoisotopic (exact) mass is 886 g/mol. The maximum Gasteiger partial charge on any atom is 0.0547 e. The molecule has 0 aliphatic heterocycles. The van der Waals surface area contributed by atoms with Crippen molar-refractivity contribution in [2.45, 2.75) is 57.3 Å². The first-order valence-electron chi connectivity index (χ1n) is 25.0. The van der Waals surface area contributed by atoms with Crippen LogP contribution in [0.15, 0.2) is 224 Å². The number of hydrogen-bond donors (Lipinski definition) is 0. The Morgan fingerprint density at radius 3 is 1.80 bits per heavy atom. The standard InChI is InChI=1S/C67H54N2/c1-67(2)59-33-13-9-29-58(59)66-57(32-19-34-60(66)67)54-28-12-16-37-63(54)68(62-36-15-11-27-53(62)56-31-18-23-47-22-17-30-51(65(47)56)46-20-5-3-6-21-46)50-41-38-45(39-42-50)48-40-43-55-52-26-10-14-35-61(52)69(64(55)44-48)49-24-7-4-8-25-49/h4,7-19,22-44,46H,3,5-6,20-21H2,1-2H3. The Hall–Kier alpha value is -7.94. The summed E-state index contributed by atoms with van der Waals surface area (Å²) in [5.74, 6) is 0.570. The molecule has 0 saturated heterocycles. The van der Waals surface area contributed by atoms with Crippen LogP contribution in [0.5, 0.6) is 0 Å². The molecule has 69 heavy (non-hydrogen) atoms. The van der Waals surface area contributed by atoms with Gasteiger partial charge in [0, 0.05) is 38.7 Å². The van der Waals surface area contributed by atoms with Crippen molar-refractivity contribution in [1.29, 1.82) is 0 Å². The average molecular weight is 887 g/mol. The highest BCUT2D eigenvalue weighted by atomic mass is 15.1. The van der Waals surface area contributed by atoms with Gasteiger partial charge in [0.2, 0.25) is 0 Å².